The molecular weight excluding hydrogens is 240 g/mol. The van der Waals surface area contributed by atoms with Gasteiger partial charge in [0.15, 0.2) is 0 Å². The molecule has 0 saturated carbocycles. The highest BCUT2D eigenvalue weighted by Gasteiger charge is 2.40. The highest BCUT2D eigenvalue weighted by molar-refractivity contribution is 7.84. The number of amides is 1. The Morgan fingerprint density at radius 1 is 1.59 bits per heavy atom. The number of nitrogens with one attached hydrogen (secondary N) is 1. The van der Waals surface area contributed by atoms with Crippen molar-refractivity contribution in [2.75, 3.05) is 26.0 Å². The third kappa shape index (κ3) is 3.51. The first-order chi connectivity index (χ1) is 8.02. The van der Waals surface area contributed by atoms with Crippen LogP contribution < -0.4 is 5.32 Å². The van der Waals surface area contributed by atoms with E-state index in [9.17, 15) is 9.00 Å². The van der Waals surface area contributed by atoms with E-state index in [1.807, 2.05) is 0 Å². The van der Waals surface area contributed by atoms with E-state index < -0.39 is 16.2 Å². The molecular formula is C11H18N2O3S. The Bertz CT molecular complexity index is 345. The summed E-state index contributed by atoms with van der Waals surface area (Å²) in [6, 6.07) is 2.10. The Morgan fingerprint density at radius 3 is 2.65 bits per heavy atom. The normalized spacial score (nSPS) is 22.2. The number of carbonyl (C=O) groups excluding carboxylic acids is 1. The first-order valence-electron chi connectivity index (χ1n) is 5.61. The maximum Gasteiger partial charge on any atom is 0.240 e. The van der Waals surface area contributed by atoms with Gasteiger partial charge in [-0.05, 0) is 19.8 Å². The number of nitrogens with zero attached hydrogens (tertiary/aromatic N) is 1. The Morgan fingerprint density at radius 2 is 2.18 bits per heavy atom. The van der Waals surface area contributed by atoms with E-state index in [0.717, 1.165) is 0 Å². The molecule has 0 aromatic heterocycles. The number of hydrogen-bond acceptors (Lipinski definition) is 4. The van der Waals surface area contributed by atoms with Crippen molar-refractivity contribution < 1.29 is 13.7 Å². The highest BCUT2D eigenvalue weighted by atomic mass is 32.2. The molecule has 0 aromatic rings. The van der Waals surface area contributed by atoms with Crippen molar-refractivity contribution in [3.63, 3.8) is 0 Å². The van der Waals surface area contributed by atoms with Gasteiger partial charge in [0.2, 0.25) is 5.91 Å². The smallest absolute Gasteiger partial charge is 0.240 e. The zero-order chi connectivity index (χ0) is 12.9. The number of hydrogen-bond donors (Lipinski definition) is 1. The van der Waals surface area contributed by atoms with E-state index in [1.165, 1.54) is 0 Å². The minimum absolute atomic E-state index is 0.102. The van der Waals surface area contributed by atoms with Crippen LogP contribution in [-0.4, -0.2) is 41.4 Å². The van der Waals surface area contributed by atoms with Crippen LogP contribution in [0.4, 0.5) is 0 Å². The van der Waals surface area contributed by atoms with E-state index >= 15 is 0 Å². The molecule has 1 aliphatic heterocycles. The summed E-state index contributed by atoms with van der Waals surface area (Å²) in [5.41, 5.74) is -0.965. The molecule has 0 spiro atoms. The second kappa shape index (κ2) is 6.12. The van der Waals surface area contributed by atoms with Crippen LogP contribution in [-0.2, 0) is 20.3 Å². The van der Waals surface area contributed by atoms with Crippen molar-refractivity contribution in [3.05, 3.63) is 0 Å². The minimum atomic E-state index is -0.970. The summed E-state index contributed by atoms with van der Waals surface area (Å²) < 4.78 is 16.3. The largest absolute Gasteiger partial charge is 0.381 e. The third-order valence-corrected chi connectivity index (χ3v) is 4.41. The van der Waals surface area contributed by atoms with E-state index in [0.29, 0.717) is 32.6 Å². The fraction of sp³-hybridized carbons (Fsp3) is 0.818. The summed E-state index contributed by atoms with van der Waals surface area (Å²) in [7, 11) is -0.970. The highest BCUT2D eigenvalue weighted by Crippen LogP contribution is 2.29. The van der Waals surface area contributed by atoms with Gasteiger partial charge in [-0.1, -0.05) is 0 Å². The van der Waals surface area contributed by atoms with Crippen LogP contribution in [0.2, 0.25) is 0 Å². The Kier molecular flexibility index (Phi) is 5.09. The van der Waals surface area contributed by atoms with Crippen molar-refractivity contribution in [1.29, 1.82) is 5.26 Å². The first kappa shape index (κ1) is 14.1. The number of ether oxygens (including phenoxy) is 1. The van der Waals surface area contributed by atoms with E-state index in [-0.39, 0.29) is 11.2 Å². The molecule has 0 radical (unpaired) electrons. The lowest BCUT2D eigenvalue weighted by atomic mass is 9.81. The van der Waals surface area contributed by atoms with Crippen LogP contribution in [0, 0.1) is 16.7 Å². The molecule has 0 aromatic carbocycles. The Hall–Kier alpha value is -0.930. The second-order valence-corrected chi connectivity index (χ2v) is 6.13. The van der Waals surface area contributed by atoms with Gasteiger partial charge in [-0.2, -0.15) is 5.26 Å². The van der Waals surface area contributed by atoms with Crippen molar-refractivity contribution in [3.8, 4) is 6.07 Å². The molecule has 0 aliphatic carbocycles. The standard InChI is InChI=1S/C11H18N2O3S/c1-9(17(2)15)7-13-10(14)11(8-12)3-5-16-6-4-11/h9H,3-7H2,1-2H3,(H,13,14). The van der Waals surface area contributed by atoms with Gasteiger partial charge in [0.25, 0.3) is 0 Å². The second-order valence-electron chi connectivity index (χ2n) is 4.33. The zero-order valence-corrected chi connectivity index (χ0v) is 11.0. The number of rotatable bonds is 4. The molecule has 1 amide bonds. The van der Waals surface area contributed by atoms with Crippen LogP contribution in [0.5, 0.6) is 0 Å². The SMILES string of the molecule is CC(CNC(=O)C1(C#N)CCOCC1)S(C)=O. The summed E-state index contributed by atoms with van der Waals surface area (Å²) in [5.74, 6) is -0.263. The van der Waals surface area contributed by atoms with Crippen LogP contribution in [0.3, 0.4) is 0 Å². The van der Waals surface area contributed by atoms with Crippen LogP contribution in [0.1, 0.15) is 19.8 Å². The molecule has 2 atom stereocenters. The zero-order valence-electron chi connectivity index (χ0n) is 10.2. The summed E-state index contributed by atoms with van der Waals surface area (Å²) >= 11 is 0. The molecule has 2 unspecified atom stereocenters. The molecule has 1 saturated heterocycles. The van der Waals surface area contributed by atoms with Crippen LogP contribution in [0.25, 0.3) is 0 Å². The maximum atomic E-state index is 12.0. The van der Waals surface area contributed by atoms with Crippen LogP contribution >= 0.6 is 0 Å². The summed E-state index contributed by atoms with van der Waals surface area (Å²) in [5, 5.41) is 11.8. The molecule has 1 aliphatic rings. The number of carbonyl (C=O) groups is 1. The molecule has 1 fully saturated rings. The van der Waals surface area contributed by atoms with Gasteiger partial charge in [0, 0.05) is 42.1 Å². The van der Waals surface area contributed by atoms with E-state index in [2.05, 4.69) is 11.4 Å². The molecule has 96 valence electrons. The molecule has 1 N–H and O–H groups in total. The van der Waals surface area contributed by atoms with Gasteiger partial charge in [-0.3, -0.25) is 9.00 Å². The molecule has 1 heterocycles. The van der Waals surface area contributed by atoms with Crippen molar-refractivity contribution in [2.45, 2.75) is 25.0 Å². The first-order valence-corrected chi connectivity index (χ1v) is 7.23. The molecule has 5 nitrogen and oxygen atoms in total. The van der Waals surface area contributed by atoms with Crippen molar-refractivity contribution >= 4 is 16.7 Å². The lowest BCUT2D eigenvalue weighted by Crippen LogP contribution is -2.46. The topological polar surface area (TPSA) is 79.2 Å². The average molecular weight is 258 g/mol. The summed E-state index contributed by atoms with van der Waals surface area (Å²) in [6.45, 7) is 3.03. The van der Waals surface area contributed by atoms with Gasteiger partial charge >= 0.3 is 0 Å². The summed E-state index contributed by atoms with van der Waals surface area (Å²) in [6.07, 6.45) is 2.46. The van der Waals surface area contributed by atoms with Crippen molar-refractivity contribution in [1.82, 2.24) is 5.32 Å². The van der Waals surface area contributed by atoms with Gasteiger partial charge in [-0.25, -0.2) is 0 Å². The van der Waals surface area contributed by atoms with Gasteiger partial charge < -0.3 is 10.1 Å². The molecule has 0 bridgehead atoms. The molecule has 6 heteroatoms. The third-order valence-electron chi connectivity index (χ3n) is 3.11. The van der Waals surface area contributed by atoms with Crippen LogP contribution in [0.15, 0.2) is 0 Å². The lowest BCUT2D eigenvalue weighted by Gasteiger charge is -2.29. The molecule has 1 rings (SSSR count). The van der Waals surface area contributed by atoms with Gasteiger partial charge in [0.05, 0.1) is 6.07 Å². The summed E-state index contributed by atoms with van der Waals surface area (Å²) in [4.78, 5) is 12.0. The monoisotopic (exact) mass is 258 g/mol. The molecule has 17 heavy (non-hydrogen) atoms. The Balaban J connectivity index is 2.56. The van der Waals surface area contributed by atoms with Crippen molar-refractivity contribution in [2.24, 2.45) is 5.41 Å². The fourth-order valence-electron chi connectivity index (χ4n) is 1.63. The maximum absolute atomic E-state index is 12.0. The van der Waals surface area contributed by atoms with E-state index in [1.54, 1.807) is 13.2 Å². The lowest BCUT2D eigenvalue weighted by molar-refractivity contribution is -0.132. The quantitative estimate of drug-likeness (QED) is 0.780. The average Bonchev–Trinajstić information content (AvgIpc) is 2.36. The van der Waals surface area contributed by atoms with Gasteiger partial charge in [-0.15, -0.1) is 0 Å². The predicted octanol–water partition coefficient (Wildman–Crippen LogP) is 0.190. The van der Waals surface area contributed by atoms with E-state index in [4.69, 9.17) is 10.00 Å². The number of nitriles is 1. The fourth-order valence-corrected chi connectivity index (χ4v) is 1.95. The Labute approximate surface area is 104 Å². The van der Waals surface area contributed by atoms with Gasteiger partial charge in [0.1, 0.15) is 5.41 Å². The minimum Gasteiger partial charge on any atom is -0.381 e. The predicted molar refractivity (Wildman–Crippen MR) is 64.6 cm³/mol.